The third kappa shape index (κ3) is 3.48. The highest BCUT2D eigenvalue weighted by molar-refractivity contribution is 5.67. The van der Waals surface area contributed by atoms with Gasteiger partial charge in [0.15, 0.2) is 0 Å². The zero-order valence-corrected chi connectivity index (χ0v) is 11.6. The van der Waals surface area contributed by atoms with Gasteiger partial charge in [0.1, 0.15) is 5.82 Å². The minimum absolute atomic E-state index is 0.274. The van der Waals surface area contributed by atoms with Gasteiger partial charge in [0, 0.05) is 19.5 Å². The zero-order chi connectivity index (χ0) is 14.6. The van der Waals surface area contributed by atoms with Gasteiger partial charge in [0.05, 0.1) is 12.2 Å². The molecule has 0 unspecified atom stereocenters. The van der Waals surface area contributed by atoms with Gasteiger partial charge in [0.2, 0.25) is 0 Å². The Balaban J connectivity index is 1.95. The number of benzene rings is 1. The van der Waals surface area contributed by atoms with Crippen LogP contribution in [0.5, 0.6) is 0 Å². The molecular formula is C15H20FNO3. The van der Waals surface area contributed by atoms with Gasteiger partial charge in [-0.2, -0.15) is 0 Å². The largest absolute Gasteiger partial charge is 0.450 e. The molecule has 2 rings (SSSR count). The molecule has 0 aromatic heterocycles. The second kappa shape index (κ2) is 6.22. The molecule has 0 spiro atoms. The lowest BCUT2D eigenvalue weighted by Crippen LogP contribution is -2.48. The van der Waals surface area contributed by atoms with Crippen molar-refractivity contribution in [3.05, 3.63) is 35.6 Å². The molecule has 1 aromatic rings. The lowest BCUT2D eigenvalue weighted by Gasteiger charge is -2.37. The van der Waals surface area contributed by atoms with Crippen molar-refractivity contribution in [3.8, 4) is 0 Å². The molecule has 1 heterocycles. The van der Waals surface area contributed by atoms with Gasteiger partial charge in [-0.1, -0.05) is 18.2 Å². The summed E-state index contributed by atoms with van der Waals surface area (Å²) < 4.78 is 18.6. The van der Waals surface area contributed by atoms with Crippen molar-refractivity contribution >= 4 is 6.09 Å². The fraction of sp³-hybridized carbons (Fsp3) is 0.533. The number of nitrogens with zero attached hydrogens (tertiary/aromatic N) is 1. The van der Waals surface area contributed by atoms with Crippen LogP contribution in [0.4, 0.5) is 9.18 Å². The number of amides is 1. The number of aliphatic hydroxyl groups is 1. The topological polar surface area (TPSA) is 49.8 Å². The number of ether oxygens (including phenoxy) is 1. The highest BCUT2D eigenvalue weighted by atomic mass is 19.1. The van der Waals surface area contributed by atoms with E-state index in [1.54, 1.807) is 30.0 Å². The molecule has 4 nitrogen and oxygen atoms in total. The molecule has 0 aliphatic carbocycles. The first kappa shape index (κ1) is 14.8. The average molecular weight is 281 g/mol. The Morgan fingerprint density at radius 2 is 2.05 bits per heavy atom. The van der Waals surface area contributed by atoms with E-state index in [0.717, 1.165) is 0 Å². The first-order valence-electron chi connectivity index (χ1n) is 6.91. The lowest BCUT2D eigenvalue weighted by atomic mass is 9.85. The summed E-state index contributed by atoms with van der Waals surface area (Å²) in [7, 11) is 0. The Bertz CT molecular complexity index is 470. The minimum Gasteiger partial charge on any atom is -0.450 e. The normalized spacial score (nSPS) is 17.9. The van der Waals surface area contributed by atoms with Crippen molar-refractivity contribution in [2.75, 3.05) is 19.7 Å². The standard InChI is InChI=1S/C15H20FNO3/c1-2-20-14(18)17-9-7-15(19,8-10-17)11-12-5-3-4-6-13(12)16/h3-6,19H,2,7-11H2,1H3. The van der Waals surface area contributed by atoms with Gasteiger partial charge in [-0.3, -0.25) is 0 Å². The maximum Gasteiger partial charge on any atom is 0.409 e. The van der Waals surface area contributed by atoms with Crippen LogP contribution >= 0.6 is 0 Å². The van der Waals surface area contributed by atoms with Crippen molar-refractivity contribution in [2.24, 2.45) is 0 Å². The van der Waals surface area contributed by atoms with Crippen molar-refractivity contribution in [1.82, 2.24) is 4.90 Å². The van der Waals surface area contributed by atoms with E-state index in [2.05, 4.69) is 0 Å². The first-order valence-corrected chi connectivity index (χ1v) is 6.91. The van der Waals surface area contributed by atoms with Crippen LogP contribution in [0.3, 0.4) is 0 Å². The van der Waals surface area contributed by atoms with Crippen molar-refractivity contribution < 1.29 is 19.0 Å². The van der Waals surface area contributed by atoms with E-state index in [0.29, 0.717) is 38.1 Å². The van der Waals surface area contributed by atoms with E-state index in [1.807, 2.05) is 0 Å². The monoisotopic (exact) mass is 281 g/mol. The van der Waals surface area contributed by atoms with Crippen LogP contribution in [0.1, 0.15) is 25.3 Å². The number of halogens is 1. The molecule has 0 atom stereocenters. The SMILES string of the molecule is CCOC(=O)N1CCC(O)(Cc2ccccc2F)CC1. The van der Waals surface area contributed by atoms with Gasteiger partial charge in [-0.25, -0.2) is 9.18 Å². The van der Waals surface area contributed by atoms with Crippen LogP contribution in [0.2, 0.25) is 0 Å². The summed E-state index contributed by atoms with van der Waals surface area (Å²) in [6, 6.07) is 6.47. The molecule has 1 aliphatic rings. The fourth-order valence-corrected chi connectivity index (χ4v) is 2.49. The van der Waals surface area contributed by atoms with Gasteiger partial charge in [-0.15, -0.1) is 0 Å². The minimum atomic E-state index is -0.953. The van der Waals surface area contributed by atoms with E-state index in [-0.39, 0.29) is 18.3 Å². The molecule has 1 N–H and O–H groups in total. The van der Waals surface area contributed by atoms with Crippen LogP contribution in [0, 0.1) is 5.82 Å². The Morgan fingerprint density at radius 1 is 1.40 bits per heavy atom. The molecule has 0 bridgehead atoms. The molecule has 5 heteroatoms. The van der Waals surface area contributed by atoms with E-state index in [1.165, 1.54) is 6.07 Å². The highest BCUT2D eigenvalue weighted by Crippen LogP contribution is 2.27. The molecule has 110 valence electrons. The number of carbonyl (C=O) groups is 1. The Morgan fingerprint density at radius 3 is 2.65 bits per heavy atom. The third-order valence-corrected chi connectivity index (χ3v) is 3.70. The maximum absolute atomic E-state index is 13.6. The number of piperidine rings is 1. The number of rotatable bonds is 3. The molecule has 1 aromatic carbocycles. The van der Waals surface area contributed by atoms with Crippen LogP contribution in [0.15, 0.2) is 24.3 Å². The second-order valence-electron chi connectivity index (χ2n) is 5.18. The summed E-state index contributed by atoms with van der Waals surface area (Å²) in [5, 5.41) is 10.5. The molecule has 1 amide bonds. The van der Waals surface area contributed by atoms with Crippen molar-refractivity contribution in [2.45, 2.75) is 31.8 Å². The third-order valence-electron chi connectivity index (χ3n) is 3.70. The van der Waals surface area contributed by atoms with E-state index in [9.17, 15) is 14.3 Å². The van der Waals surface area contributed by atoms with Crippen LogP contribution in [-0.4, -0.2) is 41.4 Å². The number of carbonyl (C=O) groups excluding carboxylic acids is 1. The Hall–Kier alpha value is -1.62. The quantitative estimate of drug-likeness (QED) is 0.925. The molecular weight excluding hydrogens is 261 g/mol. The van der Waals surface area contributed by atoms with E-state index >= 15 is 0 Å². The molecule has 1 aliphatic heterocycles. The van der Waals surface area contributed by atoms with E-state index < -0.39 is 5.60 Å². The second-order valence-corrected chi connectivity index (χ2v) is 5.18. The summed E-state index contributed by atoms with van der Waals surface area (Å²) in [4.78, 5) is 13.2. The Kier molecular flexibility index (Phi) is 4.60. The first-order chi connectivity index (χ1) is 9.54. The highest BCUT2D eigenvalue weighted by Gasteiger charge is 2.35. The van der Waals surface area contributed by atoms with E-state index in [4.69, 9.17) is 4.74 Å². The smallest absolute Gasteiger partial charge is 0.409 e. The molecule has 1 fully saturated rings. The predicted octanol–water partition coefficient (Wildman–Crippen LogP) is 2.35. The molecule has 1 saturated heterocycles. The van der Waals surface area contributed by atoms with Gasteiger partial charge >= 0.3 is 6.09 Å². The van der Waals surface area contributed by atoms with Crippen LogP contribution in [-0.2, 0) is 11.2 Å². The number of hydrogen-bond donors (Lipinski definition) is 1. The summed E-state index contributed by atoms with van der Waals surface area (Å²) in [5.41, 5.74) is -0.440. The van der Waals surface area contributed by atoms with Gasteiger partial charge in [-0.05, 0) is 31.4 Å². The fourth-order valence-electron chi connectivity index (χ4n) is 2.49. The molecule has 0 saturated carbocycles. The molecule has 0 radical (unpaired) electrons. The molecule has 20 heavy (non-hydrogen) atoms. The summed E-state index contributed by atoms with van der Waals surface area (Å²) in [5.74, 6) is -0.297. The van der Waals surface area contributed by atoms with Crippen LogP contribution in [0.25, 0.3) is 0 Å². The van der Waals surface area contributed by atoms with Crippen LogP contribution < -0.4 is 0 Å². The number of hydrogen-bond acceptors (Lipinski definition) is 3. The number of likely N-dealkylation sites (tertiary alicyclic amines) is 1. The maximum atomic E-state index is 13.6. The lowest BCUT2D eigenvalue weighted by molar-refractivity contribution is -0.0199. The summed E-state index contributed by atoms with van der Waals surface area (Å²) in [6.45, 7) is 2.97. The Labute approximate surface area is 118 Å². The van der Waals surface area contributed by atoms with Gasteiger partial charge in [0.25, 0.3) is 0 Å². The van der Waals surface area contributed by atoms with Crippen molar-refractivity contribution in [3.63, 3.8) is 0 Å². The van der Waals surface area contributed by atoms with Gasteiger partial charge < -0.3 is 14.7 Å². The summed E-state index contributed by atoms with van der Waals surface area (Å²) >= 11 is 0. The average Bonchev–Trinajstić information content (AvgIpc) is 2.42. The predicted molar refractivity (Wildman–Crippen MR) is 72.9 cm³/mol. The summed E-state index contributed by atoms with van der Waals surface area (Å²) in [6.07, 6.45) is 0.789. The van der Waals surface area contributed by atoms with Crippen molar-refractivity contribution in [1.29, 1.82) is 0 Å². The zero-order valence-electron chi connectivity index (χ0n) is 11.6.